The second kappa shape index (κ2) is 8.66. The molecule has 198 valence electrons. The Morgan fingerprint density at radius 1 is 0.795 bits per heavy atom. The zero-order chi connectivity index (χ0) is 27.9. The summed E-state index contributed by atoms with van der Waals surface area (Å²) in [4.78, 5) is 51.7. The van der Waals surface area contributed by atoms with Gasteiger partial charge in [-0.3, -0.25) is 19.3 Å². The van der Waals surface area contributed by atoms with Crippen LogP contribution in [0.3, 0.4) is 0 Å². The Kier molecular flexibility index (Phi) is 5.68. The van der Waals surface area contributed by atoms with Crippen molar-refractivity contribution in [3.05, 3.63) is 101 Å². The van der Waals surface area contributed by atoms with Gasteiger partial charge in [-0.05, 0) is 52.4 Å². The summed E-state index contributed by atoms with van der Waals surface area (Å²) in [5.41, 5.74) is 3.16. The van der Waals surface area contributed by atoms with Crippen molar-refractivity contribution in [3.63, 3.8) is 0 Å². The number of amides is 3. The number of carbonyl (C=O) groups excluding carboxylic acids is 3. The van der Waals surface area contributed by atoms with E-state index >= 15 is 0 Å². The molecule has 1 saturated heterocycles. The lowest BCUT2D eigenvalue weighted by molar-refractivity contribution is -0.148. The molecule has 1 fully saturated rings. The molecule has 0 saturated carbocycles. The van der Waals surface area contributed by atoms with Crippen LogP contribution in [-0.2, 0) is 24.1 Å². The first-order valence-electron chi connectivity index (χ1n) is 12.6. The summed E-state index contributed by atoms with van der Waals surface area (Å²) in [7, 11) is 0. The first kappa shape index (κ1) is 25.6. The smallest absolute Gasteiger partial charge is 0.335 e. The van der Waals surface area contributed by atoms with Gasteiger partial charge in [-0.15, -0.1) is 23.2 Å². The van der Waals surface area contributed by atoms with Crippen LogP contribution in [0.15, 0.2) is 72.8 Å². The number of carboxylic acids is 1. The van der Waals surface area contributed by atoms with Crippen molar-refractivity contribution in [2.24, 2.45) is 17.8 Å². The van der Waals surface area contributed by atoms with Crippen LogP contribution in [0.5, 0.6) is 0 Å². The number of carboxylic acid groups (broad SMARTS) is 1. The second-order valence-electron chi connectivity index (χ2n) is 10.6. The molecule has 0 spiro atoms. The van der Waals surface area contributed by atoms with Gasteiger partial charge in [0, 0.05) is 5.69 Å². The Hall–Kier alpha value is -3.68. The molecule has 2 N–H and O–H groups in total. The van der Waals surface area contributed by atoms with Gasteiger partial charge in [-0.1, -0.05) is 62.4 Å². The molecule has 1 heterocycles. The first-order valence-corrected chi connectivity index (χ1v) is 13.4. The summed E-state index contributed by atoms with van der Waals surface area (Å²) in [6, 6.07) is 19.2. The minimum absolute atomic E-state index is 0.0665. The molecule has 9 heteroatoms. The molecular weight excluding hydrogens is 539 g/mol. The topological polar surface area (TPSA) is 104 Å². The highest BCUT2D eigenvalue weighted by Crippen LogP contribution is 2.69. The number of likely N-dealkylation sites (tertiary alicyclic amines) is 1. The van der Waals surface area contributed by atoms with Crippen molar-refractivity contribution in [2.45, 2.75) is 29.6 Å². The van der Waals surface area contributed by atoms with Gasteiger partial charge in [0.05, 0.1) is 17.4 Å². The van der Waals surface area contributed by atoms with Crippen molar-refractivity contribution in [2.75, 3.05) is 5.32 Å². The number of benzene rings is 3. The lowest BCUT2D eigenvalue weighted by atomic mass is 9.54. The fourth-order valence-corrected chi connectivity index (χ4v) is 7.69. The molecule has 4 aliphatic rings. The monoisotopic (exact) mass is 562 g/mol. The van der Waals surface area contributed by atoms with Gasteiger partial charge in [0.2, 0.25) is 17.7 Å². The SMILES string of the molecule is CC(C)[C@@H](C(=O)Nc1ccc(C(=O)O)cc1)N1C(=O)[C@@H]2[C@H](C1=O)C1(Cl)c3ccccc3C2(Cl)c2ccccc21. The molecule has 3 aromatic carbocycles. The summed E-state index contributed by atoms with van der Waals surface area (Å²) in [6.45, 7) is 3.51. The van der Waals surface area contributed by atoms with E-state index in [-0.39, 0.29) is 5.56 Å². The molecule has 0 aromatic heterocycles. The molecule has 7 rings (SSSR count). The third kappa shape index (κ3) is 3.29. The number of rotatable bonds is 5. The van der Waals surface area contributed by atoms with E-state index < -0.39 is 57.2 Å². The van der Waals surface area contributed by atoms with Crippen LogP contribution in [0, 0.1) is 17.8 Å². The predicted octanol–water partition coefficient (Wildman–Crippen LogP) is 4.94. The van der Waals surface area contributed by atoms with Gasteiger partial charge < -0.3 is 10.4 Å². The summed E-state index contributed by atoms with van der Waals surface area (Å²) < 4.78 is 0. The highest BCUT2D eigenvalue weighted by molar-refractivity contribution is 6.36. The van der Waals surface area contributed by atoms with Crippen LogP contribution < -0.4 is 5.32 Å². The maximum absolute atomic E-state index is 14.2. The van der Waals surface area contributed by atoms with Crippen LogP contribution in [-0.4, -0.2) is 39.7 Å². The zero-order valence-electron chi connectivity index (χ0n) is 21.0. The Labute approximate surface area is 234 Å². The van der Waals surface area contributed by atoms with Crippen LogP contribution in [0.4, 0.5) is 5.69 Å². The van der Waals surface area contributed by atoms with E-state index in [9.17, 15) is 19.2 Å². The molecule has 3 aromatic rings. The number of hydrogen-bond acceptors (Lipinski definition) is 4. The number of halogens is 2. The highest BCUT2D eigenvalue weighted by atomic mass is 35.5. The molecule has 0 radical (unpaired) electrons. The summed E-state index contributed by atoms with van der Waals surface area (Å²) >= 11 is 14.9. The average Bonchev–Trinajstić information content (AvgIpc) is 3.18. The predicted molar refractivity (Wildman–Crippen MR) is 146 cm³/mol. The molecule has 3 amide bonds. The molecule has 0 unspecified atom stereocenters. The fraction of sp³-hybridized carbons (Fsp3) is 0.267. The Bertz CT molecular complexity index is 1450. The molecule has 3 atom stereocenters. The number of carbonyl (C=O) groups is 4. The summed E-state index contributed by atoms with van der Waals surface area (Å²) in [6.07, 6.45) is 0. The lowest BCUT2D eigenvalue weighted by Gasteiger charge is -2.54. The van der Waals surface area contributed by atoms with Gasteiger partial charge in [0.25, 0.3) is 0 Å². The molecule has 7 nitrogen and oxygen atoms in total. The molecule has 3 aliphatic carbocycles. The summed E-state index contributed by atoms with van der Waals surface area (Å²) in [5, 5.41) is 11.9. The maximum atomic E-state index is 14.2. The number of anilines is 1. The Morgan fingerprint density at radius 2 is 1.21 bits per heavy atom. The van der Waals surface area contributed by atoms with E-state index in [4.69, 9.17) is 28.3 Å². The average molecular weight is 563 g/mol. The number of aromatic carboxylic acids is 1. The zero-order valence-corrected chi connectivity index (χ0v) is 22.5. The number of nitrogens with zero attached hydrogens (tertiary/aromatic N) is 1. The Morgan fingerprint density at radius 3 is 1.56 bits per heavy atom. The summed E-state index contributed by atoms with van der Waals surface area (Å²) in [5.74, 6) is -5.17. The fourth-order valence-electron chi connectivity index (χ4n) is 6.59. The van der Waals surface area contributed by atoms with Crippen molar-refractivity contribution in [3.8, 4) is 0 Å². The third-order valence-corrected chi connectivity index (χ3v) is 9.48. The standard InChI is InChI=1S/C30H24Cl2N2O5/c1-15(2)24(25(35)33-17-13-11-16(12-14-17)28(38)39)34-26(36)22-23(27(34)37)30(32)19-8-4-3-7-18(19)29(22,31)20-9-5-6-10-21(20)30/h3-15,22-24H,1-2H3,(H,33,35)(H,38,39)/t22-,23+,24-,29?,30?/m0/s1. The maximum Gasteiger partial charge on any atom is 0.335 e. The van der Waals surface area contributed by atoms with Gasteiger partial charge in [-0.25, -0.2) is 4.79 Å². The normalized spacial score (nSPS) is 27.2. The molecular formula is C30H24Cl2N2O5. The van der Waals surface area contributed by atoms with Crippen molar-refractivity contribution >= 4 is 52.6 Å². The van der Waals surface area contributed by atoms with Gasteiger partial charge in [-0.2, -0.15) is 0 Å². The number of nitrogens with one attached hydrogen (secondary N) is 1. The first-order chi connectivity index (χ1) is 18.5. The largest absolute Gasteiger partial charge is 0.478 e. The number of hydrogen-bond donors (Lipinski definition) is 2. The van der Waals surface area contributed by atoms with Crippen LogP contribution in [0.1, 0.15) is 46.5 Å². The van der Waals surface area contributed by atoms with E-state index in [1.54, 1.807) is 13.8 Å². The van der Waals surface area contributed by atoms with Crippen LogP contribution >= 0.6 is 23.2 Å². The minimum Gasteiger partial charge on any atom is -0.478 e. The quantitative estimate of drug-likeness (QED) is 0.338. The molecule has 39 heavy (non-hydrogen) atoms. The van der Waals surface area contributed by atoms with Crippen molar-refractivity contribution in [1.29, 1.82) is 0 Å². The molecule has 2 bridgehead atoms. The van der Waals surface area contributed by atoms with E-state index in [1.165, 1.54) is 24.3 Å². The van der Waals surface area contributed by atoms with E-state index in [2.05, 4.69) is 5.32 Å². The second-order valence-corrected chi connectivity index (χ2v) is 11.8. The van der Waals surface area contributed by atoms with Gasteiger partial charge in [0.1, 0.15) is 15.8 Å². The third-order valence-electron chi connectivity index (χ3n) is 8.20. The number of alkyl halides is 2. The molecule has 1 aliphatic heterocycles. The lowest BCUT2D eigenvalue weighted by Crippen LogP contribution is -2.57. The van der Waals surface area contributed by atoms with Crippen LogP contribution in [0.2, 0.25) is 0 Å². The number of imide groups is 1. The van der Waals surface area contributed by atoms with Crippen molar-refractivity contribution < 1.29 is 24.3 Å². The van der Waals surface area contributed by atoms with Crippen LogP contribution in [0.25, 0.3) is 0 Å². The minimum atomic E-state index is -1.33. The van der Waals surface area contributed by atoms with E-state index in [0.29, 0.717) is 27.9 Å². The highest BCUT2D eigenvalue weighted by Gasteiger charge is 2.73. The Balaban J connectivity index is 1.44. The van der Waals surface area contributed by atoms with Crippen molar-refractivity contribution in [1.82, 2.24) is 4.90 Å². The van der Waals surface area contributed by atoms with Gasteiger partial charge in [0.15, 0.2) is 0 Å². The van der Waals surface area contributed by atoms with Gasteiger partial charge >= 0.3 is 5.97 Å². The van der Waals surface area contributed by atoms with E-state index in [1.807, 2.05) is 48.5 Å². The van der Waals surface area contributed by atoms with E-state index in [0.717, 1.165) is 4.90 Å².